The third kappa shape index (κ3) is 16.3. The van der Waals surface area contributed by atoms with Gasteiger partial charge in [-0.1, -0.05) is 0 Å². The Balaban J connectivity index is 0. The Bertz CT molecular complexity index is 236. The molecule has 0 amide bonds. The molecule has 0 aliphatic carbocycles. The summed E-state index contributed by atoms with van der Waals surface area (Å²) < 4.78 is 35.6. The molecule has 0 aliphatic rings. The van der Waals surface area contributed by atoms with Crippen molar-refractivity contribution in [3.63, 3.8) is 0 Å². The zero-order chi connectivity index (χ0) is 12.4. The number of carboxylic acids is 1. The smallest absolute Gasteiger partial charge is 0.321 e. The van der Waals surface area contributed by atoms with Crippen molar-refractivity contribution in [1.82, 2.24) is 0 Å². The molecule has 15 heavy (non-hydrogen) atoms. The maximum absolute atomic E-state index is 9.88. The van der Waals surface area contributed by atoms with Crippen LogP contribution in [0.3, 0.4) is 0 Å². The monoisotopic (exact) mass is 262 g/mol. The number of hydrogen-bond donors (Lipinski definition) is 5. The highest BCUT2D eigenvalue weighted by molar-refractivity contribution is 7.79. The van der Waals surface area contributed by atoms with Crippen molar-refractivity contribution >= 4 is 28.1 Å². The first kappa shape index (κ1) is 17.0. The van der Waals surface area contributed by atoms with Gasteiger partial charge in [0.15, 0.2) is 22.2 Å². The fourth-order valence-corrected chi connectivity index (χ4v) is 0.977. The van der Waals surface area contributed by atoms with E-state index in [1.807, 2.05) is 0 Å². The van der Waals surface area contributed by atoms with Crippen molar-refractivity contribution in [2.75, 3.05) is 18.1 Å². The van der Waals surface area contributed by atoms with Gasteiger partial charge < -0.3 is 25.7 Å². The molecule has 0 aromatic rings. The summed E-state index contributed by atoms with van der Waals surface area (Å²) in [7, 11) is 0. The minimum Gasteiger partial charge on any atom is -0.480 e. The summed E-state index contributed by atoms with van der Waals surface area (Å²) in [5.74, 6) is -1.51. The van der Waals surface area contributed by atoms with E-state index < -0.39 is 39.9 Å². The first-order valence-corrected chi connectivity index (χ1v) is 6.19. The molecular formula is C5H14N2O6S2. The van der Waals surface area contributed by atoms with Gasteiger partial charge in [-0.2, -0.15) is 0 Å². The van der Waals surface area contributed by atoms with Gasteiger partial charge in [0.1, 0.15) is 6.04 Å². The van der Waals surface area contributed by atoms with Crippen molar-refractivity contribution in [2.45, 2.75) is 6.04 Å². The zero-order valence-electron chi connectivity index (χ0n) is 7.74. The molecule has 0 bridgehead atoms. The van der Waals surface area contributed by atoms with Gasteiger partial charge in [0.25, 0.3) is 0 Å². The lowest BCUT2D eigenvalue weighted by molar-refractivity contribution is -0.137. The fraction of sp³-hybridized carbons (Fsp3) is 0.800. The van der Waals surface area contributed by atoms with Crippen molar-refractivity contribution in [1.29, 1.82) is 0 Å². The second-order valence-electron chi connectivity index (χ2n) is 2.25. The van der Waals surface area contributed by atoms with E-state index in [0.29, 0.717) is 0 Å². The first-order valence-electron chi connectivity index (χ1n) is 3.64. The van der Waals surface area contributed by atoms with Crippen molar-refractivity contribution in [2.24, 2.45) is 11.5 Å². The highest BCUT2D eigenvalue weighted by Gasteiger charge is 2.13. The molecule has 2 unspecified atom stereocenters. The third-order valence-electron chi connectivity index (χ3n) is 0.932. The van der Waals surface area contributed by atoms with E-state index in [0.717, 1.165) is 0 Å². The van der Waals surface area contributed by atoms with Crippen LogP contribution in [0.2, 0.25) is 0 Å². The summed E-state index contributed by atoms with van der Waals surface area (Å²) in [5, 5.41) is 8.06. The molecule has 0 aromatic carbocycles. The average Bonchev–Trinajstić information content (AvgIpc) is 2.03. The van der Waals surface area contributed by atoms with Gasteiger partial charge in [-0.3, -0.25) is 4.79 Å². The number of aliphatic carboxylic acids is 1. The van der Waals surface area contributed by atoms with Gasteiger partial charge in [-0.15, -0.1) is 0 Å². The van der Waals surface area contributed by atoms with E-state index in [2.05, 4.69) is 0 Å². The Kier molecular flexibility index (Phi) is 11.5. The number of rotatable bonds is 5. The van der Waals surface area contributed by atoms with Gasteiger partial charge in [0.05, 0.1) is 11.5 Å². The van der Waals surface area contributed by atoms with E-state index in [1.54, 1.807) is 0 Å². The molecule has 0 heterocycles. The van der Waals surface area contributed by atoms with Crippen LogP contribution in [0.25, 0.3) is 0 Å². The predicted molar refractivity (Wildman–Crippen MR) is 55.9 cm³/mol. The number of carboxylic acid groups (broad SMARTS) is 1. The van der Waals surface area contributed by atoms with E-state index in [9.17, 15) is 13.2 Å². The fourth-order valence-electron chi connectivity index (χ4n) is 0.326. The van der Waals surface area contributed by atoms with E-state index in [-0.39, 0.29) is 12.3 Å². The predicted octanol–water partition coefficient (Wildman–Crippen LogP) is -2.21. The second-order valence-corrected chi connectivity index (χ2v) is 4.27. The Hall–Kier alpha value is -0.390. The highest BCUT2D eigenvalue weighted by Crippen LogP contribution is 1.81. The van der Waals surface area contributed by atoms with Crippen molar-refractivity contribution in [3.8, 4) is 0 Å². The van der Waals surface area contributed by atoms with Crippen LogP contribution in [0.1, 0.15) is 0 Å². The quantitative estimate of drug-likeness (QED) is 0.348. The summed E-state index contributed by atoms with van der Waals surface area (Å²) in [6.07, 6.45) is 0. The minimum absolute atomic E-state index is 0.181. The molecule has 0 spiro atoms. The van der Waals surface area contributed by atoms with Crippen molar-refractivity contribution in [3.05, 3.63) is 0 Å². The Morgan fingerprint density at radius 2 is 1.73 bits per heavy atom. The Morgan fingerprint density at radius 1 is 1.27 bits per heavy atom. The molecular weight excluding hydrogens is 248 g/mol. The largest absolute Gasteiger partial charge is 0.480 e. The molecule has 0 aromatic heterocycles. The topological polar surface area (TPSA) is 164 Å². The van der Waals surface area contributed by atoms with E-state index >= 15 is 0 Å². The van der Waals surface area contributed by atoms with Gasteiger partial charge in [-0.05, 0) is 0 Å². The zero-order valence-corrected chi connectivity index (χ0v) is 9.37. The Morgan fingerprint density at radius 3 is 1.80 bits per heavy atom. The van der Waals surface area contributed by atoms with Crippen LogP contribution in [-0.2, 0) is 27.0 Å². The summed E-state index contributed by atoms with van der Waals surface area (Å²) in [5.41, 5.74) is 9.74. The van der Waals surface area contributed by atoms with Crippen LogP contribution < -0.4 is 11.5 Å². The lowest BCUT2D eigenvalue weighted by Gasteiger charge is -1.99. The summed E-state index contributed by atoms with van der Waals surface area (Å²) >= 11 is -3.81. The third-order valence-corrected chi connectivity index (χ3v) is 2.16. The van der Waals surface area contributed by atoms with Crippen LogP contribution in [0, 0.1) is 0 Å². The van der Waals surface area contributed by atoms with E-state index in [4.69, 9.17) is 25.7 Å². The molecule has 0 fully saturated rings. The van der Waals surface area contributed by atoms with Gasteiger partial charge in [0, 0.05) is 6.54 Å². The van der Waals surface area contributed by atoms with Crippen LogP contribution in [0.15, 0.2) is 0 Å². The van der Waals surface area contributed by atoms with Crippen LogP contribution >= 0.6 is 0 Å². The minimum atomic E-state index is -2.12. The average molecular weight is 262 g/mol. The summed E-state index contributed by atoms with van der Waals surface area (Å²) in [4.78, 5) is 9.86. The molecule has 0 radical (unpaired) electrons. The van der Waals surface area contributed by atoms with Gasteiger partial charge in [-0.25, -0.2) is 8.42 Å². The molecule has 0 saturated heterocycles. The molecule has 92 valence electrons. The first-order chi connectivity index (χ1) is 6.81. The van der Waals surface area contributed by atoms with E-state index in [1.165, 1.54) is 0 Å². The molecule has 3 atom stereocenters. The SMILES string of the molecule is NCCS(=O)O.N[C@@H](CS(=O)O)C(=O)O. The lowest BCUT2D eigenvalue weighted by atomic mass is 10.4. The molecule has 0 saturated carbocycles. The maximum atomic E-state index is 9.88. The summed E-state index contributed by atoms with van der Waals surface area (Å²) in [6.45, 7) is 0.281. The molecule has 0 rings (SSSR count). The normalized spacial score (nSPS) is 15.7. The second kappa shape index (κ2) is 10.1. The Labute approximate surface area is 91.6 Å². The molecule has 10 heteroatoms. The maximum Gasteiger partial charge on any atom is 0.321 e. The van der Waals surface area contributed by atoms with Crippen molar-refractivity contribution < 1.29 is 27.4 Å². The molecule has 7 N–H and O–H groups in total. The highest BCUT2D eigenvalue weighted by atomic mass is 32.2. The van der Waals surface area contributed by atoms with Crippen LogP contribution in [0.4, 0.5) is 0 Å². The van der Waals surface area contributed by atoms with Gasteiger partial charge in [0.2, 0.25) is 0 Å². The molecule has 0 aliphatic heterocycles. The lowest BCUT2D eigenvalue weighted by Crippen LogP contribution is -2.35. The van der Waals surface area contributed by atoms with Gasteiger partial charge >= 0.3 is 5.97 Å². The molecule has 8 nitrogen and oxygen atoms in total. The number of nitrogens with two attached hydrogens (primary N) is 2. The standard InChI is InChI=1S/C3H7NO4S.C2H7NO2S/c4-2(3(5)6)1-9(7)8;3-1-2-6(4)5/h2H,1,4H2,(H,5,6)(H,7,8);1-3H2,(H,4,5)/t2-;/m0./s1. The number of hydrogen-bond acceptors (Lipinski definition) is 5. The summed E-state index contributed by atoms with van der Waals surface area (Å²) in [6, 6.07) is -1.24. The van der Waals surface area contributed by atoms with Crippen LogP contribution in [0.5, 0.6) is 0 Å². The number of carbonyl (C=O) groups is 1. The van der Waals surface area contributed by atoms with Crippen LogP contribution in [-0.4, -0.2) is 52.7 Å².